The number of aromatic nitrogens is 1. The van der Waals surface area contributed by atoms with Gasteiger partial charge in [0.25, 0.3) is 5.91 Å². The van der Waals surface area contributed by atoms with Crippen molar-refractivity contribution in [2.24, 2.45) is 0 Å². The molecule has 0 unspecified atom stereocenters. The molecule has 0 saturated carbocycles. The second-order valence-corrected chi connectivity index (χ2v) is 7.30. The molecule has 1 amide bonds. The van der Waals surface area contributed by atoms with Crippen molar-refractivity contribution in [2.75, 3.05) is 11.4 Å². The van der Waals surface area contributed by atoms with Crippen LogP contribution in [0.25, 0.3) is 10.2 Å². The van der Waals surface area contributed by atoms with E-state index in [1.165, 1.54) is 11.3 Å². The second-order valence-electron chi connectivity index (χ2n) is 6.29. The van der Waals surface area contributed by atoms with Gasteiger partial charge in [0.1, 0.15) is 0 Å². The Morgan fingerprint density at radius 3 is 2.11 bits per heavy atom. The van der Waals surface area contributed by atoms with E-state index >= 15 is 0 Å². The Hall–Kier alpha value is -3.31. The van der Waals surface area contributed by atoms with Crippen LogP contribution in [-0.2, 0) is 0 Å². The van der Waals surface area contributed by atoms with Crippen LogP contribution in [0.1, 0.15) is 33.2 Å². The molecule has 0 atom stereocenters. The molecule has 4 rings (SSSR count). The van der Waals surface area contributed by atoms with Gasteiger partial charge in [-0.05, 0) is 31.2 Å². The highest BCUT2D eigenvalue weighted by Crippen LogP contribution is 2.29. The summed E-state index contributed by atoms with van der Waals surface area (Å²) in [5, 5.41) is 0.679. The highest BCUT2D eigenvalue weighted by molar-refractivity contribution is 7.22. The minimum Gasteiger partial charge on any atom is -0.289 e. The smallest absolute Gasteiger partial charge is 0.260 e. The van der Waals surface area contributed by atoms with Gasteiger partial charge >= 0.3 is 0 Å². The Balaban J connectivity index is 1.59. The van der Waals surface area contributed by atoms with Gasteiger partial charge in [-0.2, -0.15) is 0 Å². The summed E-state index contributed by atoms with van der Waals surface area (Å²) in [6.45, 7) is 2.45. The molecular formula is C23H18N2O2S. The molecule has 138 valence electrons. The first-order valence-corrected chi connectivity index (χ1v) is 9.86. The zero-order valence-corrected chi connectivity index (χ0v) is 16.1. The molecule has 0 bridgehead atoms. The maximum absolute atomic E-state index is 13.0. The molecule has 28 heavy (non-hydrogen) atoms. The molecule has 4 nitrogen and oxygen atoms in total. The second kappa shape index (κ2) is 7.74. The van der Waals surface area contributed by atoms with Gasteiger partial charge in [-0.1, -0.05) is 65.9 Å². The van der Waals surface area contributed by atoms with Crippen LogP contribution >= 0.6 is 11.3 Å². The molecule has 0 fully saturated rings. The van der Waals surface area contributed by atoms with Crippen LogP contribution in [-0.4, -0.2) is 23.2 Å². The van der Waals surface area contributed by atoms with Gasteiger partial charge in [0.15, 0.2) is 10.9 Å². The van der Waals surface area contributed by atoms with Crippen molar-refractivity contribution >= 4 is 38.4 Å². The number of nitrogens with zero attached hydrogens (tertiary/aromatic N) is 2. The fourth-order valence-corrected chi connectivity index (χ4v) is 4.05. The minimum absolute atomic E-state index is 0.0573. The number of hydrogen-bond donors (Lipinski definition) is 0. The first-order valence-electron chi connectivity index (χ1n) is 9.04. The van der Waals surface area contributed by atoms with Gasteiger partial charge in [0, 0.05) is 23.2 Å². The van der Waals surface area contributed by atoms with Gasteiger partial charge in [-0.25, -0.2) is 4.98 Å². The maximum atomic E-state index is 13.0. The number of benzene rings is 3. The third-order valence-corrected chi connectivity index (χ3v) is 5.56. The number of fused-ring (bicyclic) bond motifs is 1. The summed E-state index contributed by atoms with van der Waals surface area (Å²) in [6, 6.07) is 23.8. The normalized spacial score (nSPS) is 10.8. The van der Waals surface area contributed by atoms with Crippen molar-refractivity contribution in [3.05, 3.63) is 95.6 Å². The molecular weight excluding hydrogens is 368 g/mol. The quantitative estimate of drug-likeness (QED) is 0.443. The van der Waals surface area contributed by atoms with Crippen LogP contribution in [0.4, 0.5) is 5.13 Å². The van der Waals surface area contributed by atoms with E-state index in [4.69, 9.17) is 0 Å². The molecule has 5 heteroatoms. The number of hydrogen-bond acceptors (Lipinski definition) is 4. The molecule has 0 saturated heterocycles. The fraction of sp³-hybridized carbons (Fsp3) is 0.0870. The zero-order chi connectivity index (χ0) is 19.5. The van der Waals surface area contributed by atoms with E-state index in [0.717, 1.165) is 10.2 Å². The Morgan fingerprint density at radius 1 is 0.821 bits per heavy atom. The van der Waals surface area contributed by atoms with Crippen molar-refractivity contribution in [3.63, 3.8) is 0 Å². The van der Waals surface area contributed by atoms with Gasteiger partial charge < -0.3 is 0 Å². The van der Waals surface area contributed by atoms with Crippen molar-refractivity contribution < 1.29 is 9.59 Å². The molecule has 0 radical (unpaired) electrons. The zero-order valence-electron chi connectivity index (χ0n) is 15.3. The Labute approximate surface area is 167 Å². The third-order valence-electron chi connectivity index (χ3n) is 4.50. The highest BCUT2D eigenvalue weighted by Gasteiger charge is 2.20. The SMILES string of the molecule is CCN(C(=O)c1ccc(C(=O)c2ccccc2)cc1)c1nc2ccccc2s1. The molecule has 1 heterocycles. The van der Waals surface area contributed by atoms with E-state index in [0.29, 0.717) is 28.4 Å². The summed E-state index contributed by atoms with van der Waals surface area (Å²) >= 11 is 1.50. The van der Waals surface area contributed by atoms with E-state index in [2.05, 4.69) is 4.98 Å². The lowest BCUT2D eigenvalue weighted by Gasteiger charge is -2.17. The van der Waals surface area contributed by atoms with Gasteiger partial charge in [0.2, 0.25) is 0 Å². The summed E-state index contributed by atoms with van der Waals surface area (Å²) in [7, 11) is 0. The van der Waals surface area contributed by atoms with Crippen LogP contribution in [0.15, 0.2) is 78.9 Å². The number of para-hydroxylation sites is 1. The van der Waals surface area contributed by atoms with E-state index in [-0.39, 0.29) is 11.7 Å². The Morgan fingerprint density at radius 2 is 1.43 bits per heavy atom. The number of anilines is 1. The number of carbonyl (C=O) groups is 2. The molecule has 0 aliphatic rings. The topological polar surface area (TPSA) is 50.3 Å². The average molecular weight is 386 g/mol. The summed E-state index contributed by atoms with van der Waals surface area (Å²) in [4.78, 5) is 31.8. The predicted molar refractivity (Wildman–Crippen MR) is 113 cm³/mol. The van der Waals surface area contributed by atoms with Crippen LogP contribution in [0.5, 0.6) is 0 Å². The number of rotatable bonds is 5. The van der Waals surface area contributed by atoms with E-state index in [1.54, 1.807) is 41.3 Å². The van der Waals surface area contributed by atoms with Crippen LogP contribution in [0, 0.1) is 0 Å². The number of ketones is 1. The molecule has 3 aromatic carbocycles. The molecule has 0 aliphatic carbocycles. The summed E-state index contributed by atoms with van der Waals surface area (Å²) < 4.78 is 1.05. The van der Waals surface area contributed by atoms with E-state index in [9.17, 15) is 9.59 Å². The molecule has 1 aromatic heterocycles. The van der Waals surface area contributed by atoms with Crippen molar-refractivity contribution in [2.45, 2.75) is 6.92 Å². The number of carbonyl (C=O) groups excluding carboxylic acids is 2. The summed E-state index contributed by atoms with van der Waals surface area (Å²) in [5.74, 6) is -0.182. The molecule has 4 aromatic rings. The standard InChI is InChI=1S/C23H18N2O2S/c1-2-25(23-24-19-10-6-7-11-20(19)28-23)22(27)18-14-12-17(13-15-18)21(26)16-8-4-3-5-9-16/h3-15H,2H2,1H3. The first-order chi connectivity index (χ1) is 13.7. The fourth-order valence-electron chi connectivity index (χ4n) is 3.02. The average Bonchev–Trinajstić information content (AvgIpc) is 3.18. The molecule has 0 aliphatic heterocycles. The van der Waals surface area contributed by atoms with Crippen LogP contribution in [0.2, 0.25) is 0 Å². The Bertz CT molecular complexity index is 1100. The van der Waals surface area contributed by atoms with E-state index in [1.807, 2.05) is 49.4 Å². The predicted octanol–water partition coefficient (Wildman–Crippen LogP) is 5.19. The molecule has 0 spiro atoms. The lowest BCUT2D eigenvalue weighted by molar-refractivity contribution is 0.0985. The first kappa shape index (κ1) is 18.1. The lowest BCUT2D eigenvalue weighted by Crippen LogP contribution is -2.30. The van der Waals surface area contributed by atoms with Crippen molar-refractivity contribution in [1.82, 2.24) is 4.98 Å². The minimum atomic E-state index is -0.125. The summed E-state index contributed by atoms with van der Waals surface area (Å²) in [5.41, 5.74) is 2.61. The van der Waals surface area contributed by atoms with E-state index < -0.39 is 0 Å². The van der Waals surface area contributed by atoms with Gasteiger partial charge in [-0.15, -0.1) is 0 Å². The summed E-state index contributed by atoms with van der Waals surface area (Å²) in [6.07, 6.45) is 0. The van der Waals surface area contributed by atoms with Crippen LogP contribution in [0.3, 0.4) is 0 Å². The van der Waals surface area contributed by atoms with Crippen molar-refractivity contribution in [1.29, 1.82) is 0 Å². The van der Waals surface area contributed by atoms with Crippen molar-refractivity contribution in [3.8, 4) is 0 Å². The van der Waals surface area contributed by atoms with Crippen LogP contribution < -0.4 is 4.90 Å². The van der Waals surface area contributed by atoms with Gasteiger partial charge in [-0.3, -0.25) is 14.5 Å². The highest BCUT2D eigenvalue weighted by atomic mass is 32.1. The monoisotopic (exact) mass is 386 g/mol. The number of thiazole rings is 1. The maximum Gasteiger partial charge on any atom is 0.260 e. The number of amides is 1. The van der Waals surface area contributed by atoms with Gasteiger partial charge in [0.05, 0.1) is 10.2 Å². The lowest BCUT2D eigenvalue weighted by atomic mass is 10.0. The largest absolute Gasteiger partial charge is 0.289 e. The third kappa shape index (κ3) is 3.44. The molecule has 0 N–H and O–H groups in total. The Kier molecular flexibility index (Phi) is 5.00.